The minimum absolute atomic E-state index is 0.288. The van der Waals surface area contributed by atoms with Crippen molar-refractivity contribution in [3.8, 4) is 0 Å². The van der Waals surface area contributed by atoms with Crippen molar-refractivity contribution in [2.24, 2.45) is 5.73 Å². The summed E-state index contributed by atoms with van der Waals surface area (Å²) in [5.41, 5.74) is 6.80. The van der Waals surface area contributed by atoms with E-state index in [4.69, 9.17) is 26.2 Å². The first-order valence-electron chi connectivity index (χ1n) is 7.34. The van der Waals surface area contributed by atoms with Crippen molar-refractivity contribution in [1.82, 2.24) is 5.32 Å². The Hall–Kier alpha value is -3.50. The van der Waals surface area contributed by atoms with E-state index in [0.717, 1.165) is 0 Å². The molecule has 0 radical (unpaired) electrons. The number of nitrogens with one attached hydrogen (secondary N) is 1. The number of carbonyl (C=O) groups is 4. The van der Waals surface area contributed by atoms with E-state index in [2.05, 4.69) is 17.4 Å². The van der Waals surface area contributed by atoms with Gasteiger partial charge in [-0.15, -0.1) is 0 Å². The number of carboxylic acids is 4. The largest absolute Gasteiger partial charge is 0.478 e. The second-order valence-corrected chi connectivity index (χ2v) is 4.51. The van der Waals surface area contributed by atoms with E-state index in [1.807, 2.05) is 25.2 Å². The summed E-state index contributed by atoms with van der Waals surface area (Å²) in [6, 6.07) is 10.5. The molecule has 1 unspecified atom stereocenters. The Labute approximate surface area is 155 Å². The first-order chi connectivity index (χ1) is 12.6. The van der Waals surface area contributed by atoms with Crippen LogP contribution in [0, 0.1) is 0 Å². The third-order valence-corrected chi connectivity index (χ3v) is 2.52. The van der Waals surface area contributed by atoms with E-state index >= 15 is 0 Å². The van der Waals surface area contributed by atoms with Gasteiger partial charge < -0.3 is 31.5 Å². The molecule has 1 aromatic carbocycles. The number of rotatable bonds is 7. The summed E-state index contributed by atoms with van der Waals surface area (Å²) in [7, 11) is 1.92. The molecule has 0 bridgehead atoms. The molecule has 1 atom stereocenters. The Balaban J connectivity index is 0. The molecule has 7 N–H and O–H groups in total. The fourth-order valence-corrected chi connectivity index (χ4v) is 1.39. The van der Waals surface area contributed by atoms with Crippen LogP contribution in [-0.4, -0.2) is 57.9 Å². The molecule has 0 heterocycles. The van der Waals surface area contributed by atoms with Gasteiger partial charge in [-0.25, -0.2) is 19.2 Å². The SMILES string of the molecule is CNC(CN)c1ccccc1.O=C(O)C=CC(=O)O.O=C(O)C=CC(=O)O. The van der Waals surface area contributed by atoms with Crippen molar-refractivity contribution in [3.63, 3.8) is 0 Å². The van der Waals surface area contributed by atoms with E-state index in [1.165, 1.54) is 5.56 Å². The molecule has 0 aliphatic carbocycles. The number of hydrogen-bond donors (Lipinski definition) is 6. The Morgan fingerprint density at radius 3 is 1.41 bits per heavy atom. The molecule has 0 saturated carbocycles. The van der Waals surface area contributed by atoms with Gasteiger partial charge in [-0.2, -0.15) is 0 Å². The third kappa shape index (κ3) is 18.7. The second-order valence-electron chi connectivity index (χ2n) is 4.51. The summed E-state index contributed by atoms with van der Waals surface area (Å²) < 4.78 is 0. The second kappa shape index (κ2) is 16.0. The van der Waals surface area contributed by atoms with Crippen molar-refractivity contribution in [3.05, 3.63) is 60.2 Å². The van der Waals surface area contributed by atoms with Crippen LogP contribution in [0.4, 0.5) is 0 Å². The van der Waals surface area contributed by atoms with Gasteiger partial charge in [0, 0.05) is 36.9 Å². The number of aliphatic carboxylic acids is 4. The summed E-state index contributed by atoms with van der Waals surface area (Å²) in [6.45, 7) is 0.639. The predicted molar refractivity (Wildman–Crippen MR) is 96.1 cm³/mol. The van der Waals surface area contributed by atoms with Gasteiger partial charge in [0.15, 0.2) is 0 Å². The quantitative estimate of drug-likeness (QED) is 0.359. The van der Waals surface area contributed by atoms with Crippen LogP contribution >= 0.6 is 0 Å². The van der Waals surface area contributed by atoms with Crippen LogP contribution in [0.15, 0.2) is 54.6 Å². The molecular formula is C17H22N2O8. The number of hydrogen-bond acceptors (Lipinski definition) is 6. The Morgan fingerprint density at radius 2 is 1.19 bits per heavy atom. The zero-order valence-corrected chi connectivity index (χ0v) is 14.5. The van der Waals surface area contributed by atoms with Crippen LogP contribution < -0.4 is 11.1 Å². The lowest BCUT2D eigenvalue weighted by molar-refractivity contribution is -0.134. The van der Waals surface area contributed by atoms with E-state index in [-0.39, 0.29) is 6.04 Å². The molecular weight excluding hydrogens is 360 g/mol. The predicted octanol–water partition coefficient (Wildman–Crippen LogP) is 0.329. The molecule has 148 valence electrons. The number of likely N-dealkylation sites (N-methyl/N-ethyl adjacent to an activating group) is 1. The lowest BCUT2D eigenvalue weighted by Crippen LogP contribution is -2.24. The van der Waals surface area contributed by atoms with E-state index in [1.54, 1.807) is 0 Å². The molecule has 0 fully saturated rings. The first-order valence-corrected chi connectivity index (χ1v) is 7.34. The zero-order chi connectivity index (χ0) is 21.2. The highest BCUT2D eigenvalue weighted by Gasteiger charge is 2.03. The topological polar surface area (TPSA) is 187 Å². The van der Waals surface area contributed by atoms with Crippen LogP contribution in [0.1, 0.15) is 11.6 Å². The molecule has 10 heteroatoms. The van der Waals surface area contributed by atoms with Gasteiger partial charge in [-0.1, -0.05) is 30.3 Å². The smallest absolute Gasteiger partial charge is 0.328 e. The number of nitrogens with two attached hydrogens (primary N) is 1. The molecule has 0 spiro atoms. The molecule has 0 amide bonds. The maximum atomic E-state index is 9.55. The van der Waals surface area contributed by atoms with Gasteiger partial charge in [0.05, 0.1) is 0 Å². The summed E-state index contributed by atoms with van der Waals surface area (Å²) >= 11 is 0. The maximum absolute atomic E-state index is 9.55. The third-order valence-electron chi connectivity index (χ3n) is 2.52. The minimum atomic E-state index is -1.26. The van der Waals surface area contributed by atoms with Gasteiger partial charge in [0.2, 0.25) is 0 Å². The maximum Gasteiger partial charge on any atom is 0.328 e. The lowest BCUT2D eigenvalue weighted by atomic mass is 10.1. The molecule has 0 aromatic heterocycles. The van der Waals surface area contributed by atoms with Crippen molar-refractivity contribution in [1.29, 1.82) is 0 Å². The average Bonchev–Trinajstić information content (AvgIpc) is 2.61. The van der Waals surface area contributed by atoms with E-state index < -0.39 is 23.9 Å². The van der Waals surface area contributed by atoms with Gasteiger partial charge >= 0.3 is 23.9 Å². The fourth-order valence-electron chi connectivity index (χ4n) is 1.39. The average molecular weight is 382 g/mol. The van der Waals surface area contributed by atoms with Crippen LogP contribution in [0.3, 0.4) is 0 Å². The lowest BCUT2D eigenvalue weighted by Gasteiger charge is -2.13. The Bertz CT molecular complexity index is 586. The van der Waals surface area contributed by atoms with Crippen LogP contribution in [0.25, 0.3) is 0 Å². The van der Waals surface area contributed by atoms with Gasteiger partial charge in [0.1, 0.15) is 0 Å². The summed E-state index contributed by atoms with van der Waals surface area (Å²) in [4.78, 5) is 38.2. The van der Waals surface area contributed by atoms with Gasteiger partial charge in [0.25, 0.3) is 0 Å². The monoisotopic (exact) mass is 382 g/mol. The normalized spacial score (nSPS) is 10.9. The zero-order valence-electron chi connectivity index (χ0n) is 14.5. The minimum Gasteiger partial charge on any atom is -0.478 e. The molecule has 1 aromatic rings. The van der Waals surface area contributed by atoms with Crippen molar-refractivity contribution in [2.75, 3.05) is 13.6 Å². The molecule has 1 rings (SSSR count). The Morgan fingerprint density at radius 1 is 0.852 bits per heavy atom. The molecule has 10 nitrogen and oxygen atoms in total. The summed E-state index contributed by atoms with van der Waals surface area (Å²) in [6.07, 6.45) is 2.23. The number of carboxylic acid groups (broad SMARTS) is 4. The summed E-state index contributed by atoms with van der Waals surface area (Å²) in [5, 5.41) is 34.4. The van der Waals surface area contributed by atoms with Crippen LogP contribution in [-0.2, 0) is 19.2 Å². The highest BCUT2D eigenvalue weighted by atomic mass is 16.4. The van der Waals surface area contributed by atoms with Gasteiger partial charge in [-0.3, -0.25) is 0 Å². The standard InChI is InChI=1S/C9H14N2.2C4H4O4/c1-11-9(7-10)8-5-3-2-4-6-8;2*5-3(6)1-2-4(7)8/h2-6,9,11H,7,10H2,1H3;2*1-2H,(H,5,6)(H,7,8). The van der Waals surface area contributed by atoms with Crippen molar-refractivity contribution in [2.45, 2.75) is 6.04 Å². The molecule has 27 heavy (non-hydrogen) atoms. The van der Waals surface area contributed by atoms with Crippen molar-refractivity contribution >= 4 is 23.9 Å². The highest BCUT2D eigenvalue weighted by molar-refractivity contribution is 5.90. The molecule has 0 aliphatic heterocycles. The van der Waals surface area contributed by atoms with Gasteiger partial charge in [-0.05, 0) is 12.6 Å². The van der Waals surface area contributed by atoms with E-state index in [0.29, 0.717) is 30.8 Å². The fraction of sp³-hybridized carbons (Fsp3) is 0.176. The van der Waals surface area contributed by atoms with Crippen molar-refractivity contribution < 1.29 is 39.6 Å². The first kappa shape index (κ1) is 25.7. The molecule has 0 aliphatic rings. The Kier molecular flexibility index (Phi) is 15.2. The highest BCUT2D eigenvalue weighted by Crippen LogP contribution is 2.09. The van der Waals surface area contributed by atoms with Crippen LogP contribution in [0.2, 0.25) is 0 Å². The van der Waals surface area contributed by atoms with E-state index in [9.17, 15) is 19.2 Å². The molecule has 0 saturated heterocycles. The number of benzene rings is 1. The summed E-state index contributed by atoms with van der Waals surface area (Å²) in [5.74, 6) is -5.03. The van der Waals surface area contributed by atoms with Crippen LogP contribution in [0.5, 0.6) is 0 Å².